The van der Waals surface area contributed by atoms with Crippen molar-refractivity contribution >= 4 is 34.4 Å². The van der Waals surface area contributed by atoms with Crippen molar-refractivity contribution in [1.82, 2.24) is 43.8 Å². The van der Waals surface area contributed by atoms with Crippen molar-refractivity contribution in [3.05, 3.63) is 53.6 Å². The molecule has 0 aromatic carbocycles. The van der Waals surface area contributed by atoms with Crippen molar-refractivity contribution in [2.75, 3.05) is 12.4 Å². The molecule has 0 saturated heterocycles. The highest BCUT2D eigenvalue weighted by Crippen LogP contribution is 2.32. The van der Waals surface area contributed by atoms with E-state index in [0.29, 0.717) is 23.7 Å². The molecule has 2 atom stereocenters. The second-order valence-electron chi connectivity index (χ2n) is 9.24. The minimum Gasteiger partial charge on any atom is -0.453 e. The fraction of sp³-hybridized carbons (Fsp3) is 0.333. The van der Waals surface area contributed by atoms with Crippen LogP contribution in [-0.2, 0) is 18.8 Å². The van der Waals surface area contributed by atoms with Gasteiger partial charge in [-0.1, -0.05) is 0 Å². The number of anilines is 2. The van der Waals surface area contributed by atoms with Gasteiger partial charge in [0.05, 0.1) is 36.7 Å². The smallest absolute Gasteiger partial charge is 0.407 e. The fourth-order valence-corrected chi connectivity index (χ4v) is 5.06. The lowest BCUT2D eigenvalue weighted by Gasteiger charge is -2.14. The molecule has 0 spiro atoms. The number of ether oxygens (including phenoxy) is 1. The van der Waals surface area contributed by atoms with Crippen LogP contribution >= 0.6 is 0 Å². The SMILES string of the molecule is COC(=O)N[C@@H]1CC[C@@H](n2c(=O)n(C)c3cnc(Nc4ccn5ncc(-c6cnn(C)c6)c5n4)cc32)C1. The van der Waals surface area contributed by atoms with E-state index < -0.39 is 6.09 Å². The number of carbonyl (C=O) groups is 1. The van der Waals surface area contributed by atoms with E-state index in [4.69, 9.17) is 9.72 Å². The number of aromatic nitrogens is 8. The third-order valence-corrected chi connectivity index (χ3v) is 6.89. The van der Waals surface area contributed by atoms with E-state index in [0.717, 1.165) is 35.0 Å². The zero-order valence-electron chi connectivity index (χ0n) is 20.6. The van der Waals surface area contributed by atoms with Crippen LogP contribution in [0.5, 0.6) is 0 Å². The van der Waals surface area contributed by atoms with E-state index in [1.165, 1.54) is 7.11 Å². The van der Waals surface area contributed by atoms with Crippen molar-refractivity contribution < 1.29 is 9.53 Å². The lowest BCUT2D eigenvalue weighted by atomic mass is 10.2. The van der Waals surface area contributed by atoms with Gasteiger partial charge in [-0.15, -0.1) is 0 Å². The quantitative estimate of drug-likeness (QED) is 0.374. The van der Waals surface area contributed by atoms with Gasteiger partial charge in [0.1, 0.15) is 11.6 Å². The number of rotatable bonds is 5. The molecule has 0 unspecified atom stereocenters. The van der Waals surface area contributed by atoms with Gasteiger partial charge in [-0.3, -0.25) is 13.8 Å². The van der Waals surface area contributed by atoms with Crippen LogP contribution < -0.4 is 16.3 Å². The number of nitrogens with one attached hydrogen (secondary N) is 2. The van der Waals surface area contributed by atoms with Gasteiger partial charge in [0.25, 0.3) is 0 Å². The standard InChI is InChI=1S/C24H26N10O3/c1-31-13-14(10-26-31)17-11-27-33-7-6-20(30-22(17)33)29-21-9-18-19(12-25-21)32(2)24(36)34(18)16-5-4-15(8-16)28-23(35)37-3/h6-7,9-13,15-16H,4-5,8H2,1-3H3,(H,28,35)(H,25,29,30)/t15-,16-/m1/s1. The number of hydrogen-bond acceptors (Lipinski definition) is 8. The number of pyridine rings is 1. The number of aryl methyl sites for hydroxylation is 2. The Bertz CT molecular complexity index is 1690. The topological polar surface area (TPSA) is 138 Å². The van der Waals surface area contributed by atoms with Crippen LogP contribution in [0.15, 0.2) is 47.9 Å². The summed E-state index contributed by atoms with van der Waals surface area (Å²) in [7, 11) is 4.95. The Labute approximate surface area is 210 Å². The maximum Gasteiger partial charge on any atom is 0.407 e. The Kier molecular flexibility index (Phi) is 5.39. The molecule has 1 amide bonds. The lowest BCUT2D eigenvalue weighted by molar-refractivity contribution is 0.166. The molecular weight excluding hydrogens is 476 g/mol. The van der Waals surface area contributed by atoms with Gasteiger partial charge in [-0.25, -0.2) is 24.1 Å². The van der Waals surface area contributed by atoms with Crippen LogP contribution in [0.25, 0.3) is 27.8 Å². The molecule has 1 aliphatic rings. The first-order chi connectivity index (χ1) is 17.9. The van der Waals surface area contributed by atoms with Crippen molar-refractivity contribution in [2.24, 2.45) is 14.1 Å². The van der Waals surface area contributed by atoms with Crippen molar-refractivity contribution in [3.63, 3.8) is 0 Å². The van der Waals surface area contributed by atoms with Gasteiger partial charge in [0, 0.05) is 55.8 Å². The van der Waals surface area contributed by atoms with Crippen LogP contribution in [0.2, 0.25) is 0 Å². The zero-order valence-corrected chi connectivity index (χ0v) is 20.6. The molecule has 13 nitrogen and oxygen atoms in total. The molecular formula is C24H26N10O3. The minimum atomic E-state index is -0.457. The Morgan fingerprint density at radius 1 is 1.11 bits per heavy atom. The van der Waals surface area contributed by atoms with E-state index >= 15 is 0 Å². The predicted molar refractivity (Wildman–Crippen MR) is 136 cm³/mol. The van der Waals surface area contributed by atoms with Crippen LogP contribution in [0.3, 0.4) is 0 Å². The summed E-state index contributed by atoms with van der Waals surface area (Å²) in [6.45, 7) is 0. The summed E-state index contributed by atoms with van der Waals surface area (Å²) in [4.78, 5) is 34.1. The van der Waals surface area contributed by atoms with E-state index in [1.807, 2.05) is 31.6 Å². The Hall–Kier alpha value is -4.68. The molecule has 0 radical (unpaired) electrons. The highest BCUT2D eigenvalue weighted by Gasteiger charge is 2.30. The van der Waals surface area contributed by atoms with Crippen LogP contribution in [0.1, 0.15) is 25.3 Å². The maximum atomic E-state index is 13.2. The first kappa shape index (κ1) is 22.8. The Balaban J connectivity index is 1.32. The summed E-state index contributed by atoms with van der Waals surface area (Å²) in [5, 5.41) is 14.7. The van der Waals surface area contributed by atoms with E-state index in [2.05, 4.69) is 25.8 Å². The third-order valence-electron chi connectivity index (χ3n) is 6.89. The number of methoxy groups -OCH3 is 1. The number of hydrogen-bond donors (Lipinski definition) is 2. The second-order valence-corrected chi connectivity index (χ2v) is 9.24. The van der Waals surface area contributed by atoms with Gasteiger partial charge in [0.2, 0.25) is 0 Å². The fourth-order valence-electron chi connectivity index (χ4n) is 5.06. The molecule has 5 aromatic rings. The molecule has 6 rings (SSSR count). The van der Waals surface area contributed by atoms with Crippen LogP contribution in [0, 0.1) is 0 Å². The molecule has 5 aromatic heterocycles. The molecule has 2 N–H and O–H groups in total. The van der Waals surface area contributed by atoms with Crippen molar-refractivity contribution in [3.8, 4) is 11.1 Å². The summed E-state index contributed by atoms with van der Waals surface area (Å²) >= 11 is 0. The van der Waals surface area contributed by atoms with E-state index in [9.17, 15) is 9.59 Å². The summed E-state index contributed by atoms with van der Waals surface area (Å²) in [5.74, 6) is 1.16. The van der Waals surface area contributed by atoms with Gasteiger partial charge >= 0.3 is 11.8 Å². The van der Waals surface area contributed by atoms with Crippen LogP contribution in [-0.4, -0.2) is 57.7 Å². The molecule has 1 fully saturated rings. The molecule has 37 heavy (non-hydrogen) atoms. The molecule has 0 aliphatic heterocycles. The second kappa shape index (κ2) is 8.76. The molecule has 0 bridgehead atoms. The van der Waals surface area contributed by atoms with Crippen molar-refractivity contribution in [1.29, 1.82) is 0 Å². The maximum absolute atomic E-state index is 13.2. The number of fused-ring (bicyclic) bond motifs is 2. The lowest BCUT2D eigenvalue weighted by Crippen LogP contribution is -2.33. The summed E-state index contributed by atoms with van der Waals surface area (Å²) < 4.78 is 11.6. The zero-order chi connectivity index (χ0) is 25.7. The summed E-state index contributed by atoms with van der Waals surface area (Å²) in [6.07, 6.45) is 10.7. The van der Waals surface area contributed by atoms with Gasteiger partial charge in [0.15, 0.2) is 5.65 Å². The van der Waals surface area contributed by atoms with Crippen molar-refractivity contribution in [2.45, 2.75) is 31.3 Å². The summed E-state index contributed by atoms with van der Waals surface area (Å²) in [6, 6.07) is 3.59. The van der Waals surface area contributed by atoms with Crippen LogP contribution in [0.4, 0.5) is 16.4 Å². The highest BCUT2D eigenvalue weighted by atomic mass is 16.5. The average molecular weight is 503 g/mol. The molecule has 190 valence electrons. The third kappa shape index (κ3) is 3.97. The molecule has 1 aliphatic carbocycles. The molecule has 5 heterocycles. The summed E-state index contributed by atoms with van der Waals surface area (Å²) in [5.41, 5.74) is 3.87. The Morgan fingerprint density at radius 3 is 2.76 bits per heavy atom. The number of imidazole rings is 1. The molecule has 13 heteroatoms. The first-order valence-corrected chi connectivity index (χ1v) is 11.9. The van der Waals surface area contributed by atoms with Gasteiger partial charge in [-0.05, 0) is 25.3 Å². The monoisotopic (exact) mass is 502 g/mol. The number of alkyl carbamates (subject to hydrolysis) is 1. The largest absolute Gasteiger partial charge is 0.453 e. The number of nitrogens with zero attached hydrogens (tertiary/aromatic N) is 8. The average Bonchev–Trinajstić information content (AvgIpc) is 3.67. The minimum absolute atomic E-state index is 0.0420. The van der Waals surface area contributed by atoms with E-state index in [1.54, 1.807) is 44.0 Å². The first-order valence-electron chi connectivity index (χ1n) is 11.9. The number of carbonyl (C=O) groups excluding carboxylic acids is 1. The molecule has 1 saturated carbocycles. The predicted octanol–water partition coefficient (Wildman–Crippen LogP) is 2.37. The number of amides is 1. The normalized spacial score (nSPS) is 17.5. The highest BCUT2D eigenvalue weighted by molar-refractivity contribution is 5.80. The Morgan fingerprint density at radius 2 is 1.97 bits per heavy atom. The van der Waals surface area contributed by atoms with Gasteiger partial charge in [-0.2, -0.15) is 10.2 Å². The van der Waals surface area contributed by atoms with Gasteiger partial charge < -0.3 is 15.4 Å². The van der Waals surface area contributed by atoms with E-state index in [-0.39, 0.29) is 17.8 Å².